The molecule has 0 bridgehead atoms. The van der Waals surface area contributed by atoms with Gasteiger partial charge in [0.1, 0.15) is 0 Å². The average molecular weight is 446 g/mol. The summed E-state index contributed by atoms with van der Waals surface area (Å²) in [6.07, 6.45) is 0. The lowest BCUT2D eigenvalue weighted by atomic mass is 10.1. The molecule has 0 unspecified atom stereocenters. The van der Waals surface area contributed by atoms with Crippen molar-refractivity contribution in [2.45, 2.75) is 0 Å². The summed E-state index contributed by atoms with van der Waals surface area (Å²) < 4.78 is 19.1. The minimum absolute atomic E-state index is 0.542. The smallest absolute Gasteiger partial charge is 0.213 e. The highest BCUT2D eigenvalue weighted by Crippen LogP contribution is 2.41. The highest BCUT2D eigenvalue weighted by atomic mass is 79.9. The summed E-state index contributed by atoms with van der Waals surface area (Å²) in [4.78, 5) is 5.48. The molecule has 27 heavy (non-hydrogen) atoms. The first kappa shape index (κ1) is 17.8. The van der Waals surface area contributed by atoms with Crippen LogP contribution in [0.5, 0.6) is 17.2 Å². The van der Waals surface area contributed by atoms with E-state index in [1.54, 1.807) is 32.7 Å². The third-order valence-corrected chi connectivity index (χ3v) is 5.49. The number of thiazole rings is 1. The van der Waals surface area contributed by atoms with Crippen LogP contribution >= 0.6 is 27.3 Å². The van der Waals surface area contributed by atoms with Gasteiger partial charge in [-0.15, -0.1) is 16.4 Å². The molecule has 0 amide bonds. The zero-order valence-corrected chi connectivity index (χ0v) is 17.3. The van der Waals surface area contributed by atoms with Gasteiger partial charge in [0, 0.05) is 21.0 Å². The Hall–Kier alpha value is -2.58. The highest BCUT2D eigenvalue weighted by molar-refractivity contribution is 9.10. The molecule has 0 radical (unpaired) electrons. The van der Waals surface area contributed by atoms with Gasteiger partial charge in [-0.05, 0) is 24.3 Å². The number of hydrogen-bond donors (Lipinski definition) is 0. The normalized spacial score (nSPS) is 11.0. The summed E-state index contributed by atoms with van der Waals surface area (Å²) in [6.45, 7) is 0. The van der Waals surface area contributed by atoms with Gasteiger partial charge in [0.25, 0.3) is 0 Å². The second-order valence-electron chi connectivity index (χ2n) is 5.67. The topological polar surface area (TPSA) is 57.9 Å². The van der Waals surface area contributed by atoms with Crippen molar-refractivity contribution < 1.29 is 14.2 Å². The minimum Gasteiger partial charge on any atom is -0.493 e. The van der Waals surface area contributed by atoms with Crippen LogP contribution in [0, 0.1) is 0 Å². The van der Waals surface area contributed by atoms with Gasteiger partial charge in [-0.1, -0.05) is 28.1 Å². The van der Waals surface area contributed by atoms with E-state index in [4.69, 9.17) is 19.3 Å². The molecule has 0 aliphatic rings. The molecule has 4 aromatic rings. The van der Waals surface area contributed by atoms with Crippen molar-refractivity contribution in [1.82, 2.24) is 14.6 Å². The number of hydrogen-bond acceptors (Lipinski definition) is 6. The molecule has 4 rings (SSSR count). The quantitative estimate of drug-likeness (QED) is 0.436. The fraction of sp³-hybridized carbons (Fsp3) is 0.158. The summed E-state index contributed by atoms with van der Waals surface area (Å²) in [7, 11) is 4.76. The van der Waals surface area contributed by atoms with Crippen molar-refractivity contribution in [3.05, 3.63) is 46.3 Å². The molecular weight excluding hydrogens is 430 g/mol. The standard InChI is InChI=1S/C19H16BrN3O3S/c1-24-15-8-12(9-16(25-2)17(15)26-3)18-21-19-23(22-18)14(10-27-19)11-4-6-13(20)7-5-11/h4-10H,1-3H3. The number of rotatable bonds is 5. The second-order valence-corrected chi connectivity index (χ2v) is 7.42. The van der Waals surface area contributed by atoms with E-state index in [-0.39, 0.29) is 0 Å². The highest BCUT2D eigenvalue weighted by Gasteiger charge is 2.18. The minimum atomic E-state index is 0.542. The van der Waals surface area contributed by atoms with Crippen LogP contribution in [0.4, 0.5) is 0 Å². The van der Waals surface area contributed by atoms with Crippen LogP contribution < -0.4 is 14.2 Å². The van der Waals surface area contributed by atoms with Crippen LogP contribution in [0.2, 0.25) is 0 Å². The Bertz CT molecular complexity index is 1080. The van der Waals surface area contributed by atoms with Gasteiger partial charge >= 0.3 is 0 Å². The zero-order chi connectivity index (χ0) is 19.0. The van der Waals surface area contributed by atoms with Crippen molar-refractivity contribution in [2.24, 2.45) is 0 Å². The first-order valence-corrected chi connectivity index (χ1v) is 9.72. The summed E-state index contributed by atoms with van der Waals surface area (Å²) >= 11 is 5.01. The number of ether oxygens (including phenoxy) is 3. The lowest BCUT2D eigenvalue weighted by molar-refractivity contribution is 0.324. The molecule has 0 fully saturated rings. The Morgan fingerprint density at radius 2 is 1.59 bits per heavy atom. The molecule has 2 heterocycles. The van der Waals surface area contributed by atoms with Crippen LogP contribution in [0.25, 0.3) is 27.6 Å². The molecule has 0 saturated heterocycles. The number of fused-ring (bicyclic) bond motifs is 1. The monoisotopic (exact) mass is 445 g/mol. The SMILES string of the molecule is COc1cc(-c2nc3scc(-c4ccc(Br)cc4)n3n2)cc(OC)c1OC. The average Bonchev–Trinajstić information content (AvgIpc) is 3.28. The number of nitrogens with zero attached hydrogens (tertiary/aromatic N) is 3. The lowest BCUT2D eigenvalue weighted by Crippen LogP contribution is -1.96. The van der Waals surface area contributed by atoms with Gasteiger partial charge in [-0.25, -0.2) is 4.52 Å². The second kappa shape index (κ2) is 7.21. The molecule has 6 nitrogen and oxygen atoms in total. The van der Waals surface area contributed by atoms with Crippen LogP contribution in [-0.2, 0) is 0 Å². The molecule has 0 saturated carbocycles. The number of halogens is 1. The van der Waals surface area contributed by atoms with E-state index >= 15 is 0 Å². The Kier molecular flexibility index (Phi) is 4.75. The Morgan fingerprint density at radius 3 is 2.19 bits per heavy atom. The molecule has 0 aliphatic heterocycles. The van der Waals surface area contributed by atoms with Gasteiger partial charge in [0.05, 0.1) is 27.0 Å². The van der Waals surface area contributed by atoms with Crippen molar-refractivity contribution in [1.29, 1.82) is 0 Å². The molecule has 0 aliphatic carbocycles. The Morgan fingerprint density at radius 1 is 0.926 bits per heavy atom. The zero-order valence-electron chi connectivity index (χ0n) is 14.9. The summed E-state index contributed by atoms with van der Waals surface area (Å²) in [6, 6.07) is 11.8. The fourth-order valence-electron chi connectivity index (χ4n) is 2.83. The number of aromatic nitrogens is 3. The summed E-state index contributed by atoms with van der Waals surface area (Å²) in [5.41, 5.74) is 2.86. The third kappa shape index (κ3) is 3.15. The lowest BCUT2D eigenvalue weighted by Gasteiger charge is -2.12. The fourth-order valence-corrected chi connectivity index (χ4v) is 3.93. The summed E-state index contributed by atoms with van der Waals surface area (Å²) in [5.74, 6) is 2.27. The molecule has 138 valence electrons. The molecule has 8 heteroatoms. The van der Waals surface area contributed by atoms with Crippen molar-refractivity contribution >= 4 is 32.2 Å². The van der Waals surface area contributed by atoms with Crippen LogP contribution in [-0.4, -0.2) is 35.9 Å². The van der Waals surface area contributed by atoms with Crippen LogP contribution in [0.3, 0.4) is 0 Å². The number of benzene rings is 2. The third-order valence-electron chi connectivity index (χ3n) is 4.14. The largest absolute Gasteiger partial charge is 0.493 e. The van der Waals surface area contributed by atoms with Gasteiger partial charge in [-0.3, -0.25) is 0 Å². The van der Waals surface area contributed by atoms with Crippen LogP contribution in [0.15, 0.2) is 46.3 Å². The van der Waals surface area contributed by atoms with Crippen molar-refractivity contribution in [3.63, 3.8) is 0 Å². The Labute approximate surface area is 168 Å². The molecule has 0 spiro atoms. The molecule has 2 aromatic carbocycles. The van der Waals surface area contributed by atoms with Crippen molar-refractivity contribution in [3.8, 4) is 39.9 Å². The first-order valence-electron chi connectivity index (χ1n) is 8.05. The van der Waals surface area contributed by atoms with E-state index in [2.05, 4.69) is 26.3 Å². The number of methoxy groups -OCH3 is 3. The predicted molar refractivity (Wildman–Crippen MR) is 109 cm³/mol. The maximum absolute atomic E-state index is 5.43. The molecule has 0 N–H and O–H groups in total. The van der Waals surface area contributed by atoms with E-state index in [0.29, 0.717) is 23.1 Å². The van der Waals surface area contributed by atoms with E-state index in [1.807, 2.05) is 40.9 Å². The van der Waals surface area contributed by atoms with Crippen molar-refractivity contribution in [2.75, 3.05) is 21.3 Å². The van der Waals surface area contributed by atoms with Gasteiger partial charge in [-0.2, -0.15) is 4.98 Å². The maximum Gasteiger partial charge on any atom is 0.213 e. The maximum atomic E-state index is 5.43. The molecule has 0 atom stereocenters. The van der Waals surface area contributed by atoms with Crippen LogP contribution in [0.1, 0.15) is 0 Å². The van der Waals surface area contributed by atoms with E-state index in [1.165, 1.54) is 0 Å². The van der Waals surface area contributed by atoms with E-state index < -0.39 is 0 Å². The van der Waals surface area contributed by atoms with E-state index in [9.17, 15) is 0 Å². The first-order chi connectivity index (χ1) is 13.1. The Balaban J connectivity index is 1.82. The van der Waals surface area contributed by atoms with Gasteiger partial charge in [0.15, 0.2) is 17.3 Å². The van der Waals surface area contributed by atoms with Gasteiger partial charge < -0.3 is 14.2 Å². The molecule has 2 aromatic heterocycles. The summed E-state index contributed by atoms with van der Waals surface area (Å²) in [5, 5.41) is 6.75. The van der Waals surface area contributed by atoms with E-state index in [0.717, 1.165) is 26.3 Å². The predicted octanol–water partition coefficient (Wildman–Crippen LogP) is 4.91. The van der Waals surface area contributed by atoms with Gasteiger partial charge in [0.2, 0.25) is 10.7 Å². The molecular formula is C19H16BrN3O3S.